The van der Waals surface area contributed by atoms with Crippen LogP contribution in [-0.4, -0.2) is 24.2 Å². The lowest BCUT2D eigenvalue weighted by Gasteiger charge is -2.07. The van der Waals surface area contributed by atoms with Gasteiger partial charge in [-0.25, -0.2) is 5.43 Å². The molecule has 0 radical (unpaired) electrons. The summed E-state index contributed by atoms with van der Waals surface area (Å²) >= 11 is 3.33. The number of nitro benzene ring substituents is 1. The number of non-ortho nitro benzene ring substituents is 1. The van der Waals surface area contributed by atoms with Crippen molar-refractivity contribution in [1.82, 2.24) is 5.43 Å². The summed E-state index contributed by atoms with van der Waals surface area (Å²) in [5.74, 6) is 0.696. The minimum atomic E-state index is -0.442. The highest BCUT2D eigenvalue weighted by Crippen LogP contribution is 2.22. The molecule has 1 N–H and O–H groups in total. The number of ether oxygens (including phenoxy) is 2. The number of hydrazone groups is 1. The zero-order valence-electron chi connectivity index (χ0n) is 16.4. The smallest absolute Gasteiger partial charge is 0.275 e. The summed E-state index contributed by atoms with van der Waals surface area (Å²) in [5.41, 5.74) is 4.47. The van der Waals surface area contributed by atoms with Gasteiger partial charge in [-0.05, 0) is 65.7 Å². The van der Waals surface area contributed by atoms with Crippen LogP contribution in [0.15, 0.2) is 76.3 Å². The molecule has 0 saturated heterocycles. The summed E-state index contributed by atoms with van der Waals surface area (Å²) in [6.07, 6.45) is 1.52. The van der Waals surface area contributed by atoms with Gasteiger partial charge >= 0.3 is 0 Å². The average Bonchev–Trinajstić information content (AvgIpc) is 2.78. The molecule has 0 atom stereocenters. The van der Waals surface area contributed by atoms with Crippen LogP contribution in [0.5, 0.6) is 11.5 Å². The normalized spacial score (nSPS) is 10.6. The highest BCUT2D eigenvalue weighted by molar-refractivity contribution is 9.10. The number of nitro groups is 1. The van der Waals surface area contributed by atoms with Gasteiger partial charge in [0.1, 0.15) is 18.1 Å². The first-order valence-corrected chi connectivity index (χ1v) is 9.88. The van der Waals surface area contributed by atoms with Crippen LogP contribution in [0.3, 0.4) is 0 Å². The molecule has 3 aromatic rings. The van der Waals surface area contributed by atoms with E-state index < -0.39 is 10.8 Å². The molecule has 0 spiro atoms. The second kappa shape index (κ2) is 10.4. The summed E-state index contributed by atoms with van der Waals surface area (Å²) in [6.45, 7) is 0.288. The first-order chi connectivity index (χ1) is 15.0. The SMILES string of the molecule is COc1ccc(Br)cc1C(=O)N/N=C\c1ccc(OCc2ccc([N+](=O)[O-])cc2)cc1. The van der Waals surface area contributed by atoms with Crippen LogP contribution >= 0.6 is 15.9 Å². The molecule has 3 aromatic carbocycles. The zero-order chi connectivity index (χ0) is 22.2. The summed E-state index contributed by atoms with van der Waals surface area (Å²) in [6, 6.07) is 18.4. The predicted octanol–water partition coefficient (Wildman–Crippen LogP) is 4.71. The van der Waals surface area contributed by atoms with Crippen LogP contribution in [0.1, 0.15) is 21.5 Å². The molecular formula is C22H18BrN3O5. The van der Waals surface area contributed by atoms with E-state index in [-0.39, 0.29) is 12.3 Å². The van der Waals surface area contributed by atoms with Crippen molar-refractivity contribution >= 4 is 33.7 Å². The van der Waals surface area contributed by atoms with E-state index in [1.165, 1.54) is 25.5 Å². The third-order valence-corrected chi connectivity index (χ3v) is 4.71. The lowest BCUT2D eigenvalue weighted by molar-refractivity contribution is -0.384. The van der Waals surface area contributed by atoms with Gasteiger partial charge < -0.3 is 9.47 Å². The molecule has 0 unspecified atom stereocenters. The highest BCUT2D eigenvalue weighted by Gasteiger charge is 2.12. The lowest BCUT2D eigenvalue weighted by Crippen LogP contribution is -2.18. The number of nitrogens with zero attached hydrogens (tertiary/aromatic N) is 2. The Balaban J connectivity index is 1.54. The summed E-state index contributed by atoms with van der Waals surface area (Å²) in [4.78, 5) is 22.6. The Kier molecular flexibility index (Phi) is 7.34. The number of hydrogen-bond acceptors (Lipinski definition) is 6. The third kappa shape index (κ3) is 6.13. The van der Waals surface area contributed by atoms with E-state index in [0.29, 0.717) is 17.1 Å². The van der Waals surface area contributed by atoms with Crippen LogP contribution in [0.4, 0.5) is 5.69 Å². The fraction of sp³-hybridized carbons (Fsp3) is 0.0909. The fourth-order valence-electron chi connectivity index (χ4n) is 2.61. The number of halogens is 1. The van der Waals surface area contributed by atoms with Gasteiger partial charge in [-0.15, -0.1) is 0 Å². The maximum atomic E-state index is 12.3. The molecule has 31 heavy (non-hydrogen) atoms. The van der Waals surface area contributed by atoms with Crippen LogP contribution in [0.2, 0.25) is 0 Å². The minimum Gasteiger partial charge on any atom is -0.496 e. The Morgan fingerprint density at radius 3 is 2.48 bits per heavy atom. The van der Waals surface area contributed by atoms with Gasteiger partial charge in [0.05, 0.1) is 23.8 Å². The summed E-state index contributed by atoms with van der Waals surface area (Å²) < 4.78 is 11.6. The molecule has 158 valence electrons. The maximum absolute atomic E-state index is 12.3. The summed E-state index contributed by atoms with van der Waals surface area (Å²) in [5, 5.41) is 14.7. The number of methoxy groups -OCH3 is 1. The van der Waals surface area contributed by atoms with E-state index >= 15 is 0 Å². The Morgan fingerprint density at radius 1 is 1.13 bits per heavy atom. The average molecular weight is 484 g/mol. The van der Waals surface area contributed by atoms with Crippen molar-refractivity contribution in [1.29, 1.82) is 0 Å². The molecule has 9 heteroatoms. The third-order valence-electron chi connectivity index (χ3n) is 4.22. The minimum absolute atomic E-state index is 0.0397. The topological polar surface area (TPSA) is 103 Å². The van der Waals surface area contributed by atoms with Gasteiger partial charge in [-0.1, -0.05) is 15.9 Å². The number of benzene rings is 3. The first kappa shape index (κ1) is 22.0. The van der Waals surface area contributed by atoms with E-state index in [1.54, 1.807) is 54.6 Å². The predicted molar refractivity (Wildman–Crippen MR) is 120 cm³/mol. The van der Waals surface area contributed by atoms with Gasteiger partial charge in [-0.2, -0.15) is 5.10 Å². The number of hydrogen-bond donors (Lipinski definition) is 1. The molecule has 0 bridgehead atoms. The molecule has 0 aliphatic rings. The molecule has 3 rings (SSSR count). The van der Waals surface area contributed by atoms with Gasteiger partial charge in [-0.3, -0.25) is 14.9 Å². The number of nitrogens with one attached hydrogen (secondary N) is 1. The first-order valence-electron chi connectivity index (χ1n) is 9.09. The van der Waals surface area contributed by atoms with Gasteiger partial charge in [0.15, 0.2) is 0 Å². The molecule has 0 saturated carbocycles. The van der Waals surface area contributed by atoms with Crippen molar-refractivity contribution < 1.29 is 19.2 Å². The molecule has 0 aliphatic heterocycles. The van der Waals surface area contributed by atoms with Crippen LogP contribution in [-0.2, 0) is 6.61 Å². The van der Waals surface area contributed by atoms with E-state index in [9.17, 15) is 14.9 Å². The lowest BCUT2D eigenvalue weighted by atomic mass is 10.2. The number of rotatable bonds is 8. The zero-order valence-corrected chi connectivity index (χ0v) is 18.0. The van der Waals surface area contributed by atoms with Crippen molar-refractivity contribution in [2.75, 3.05) is 7.11 Å². The van der Waals surface area contributed by atoms with Crippen molar-refractivity contribution in [3.63, 3.8) is 0 Å². The van der Waals surface area contributed by atoms with E-state index in [2.05, 4.69) is 26.5 Å². The van der Waals surface area contributed by atoms with E-state index in [4.69, 9.17) is 9.47 Å². The maximum Gasteiger partial charge on any atom is 0.275 e. The molecular weight excluding hydrogens is 466 g/mol. The van der Waals surface area contributed by atoms with E-state index in [1.807, 2.05) is 0 Å². The second-order valence-corrected chi connectivity index (χ2v) is 7.24. The van der Waals surface area contributed by atoms with Crippen LogP contribution in [0.25, 0.3) is 0 Å². The largest absolute Gasteiger partial charge is 0.496 e. The quantitative estimate of drug-likeness (QED) is 0.284. The Labute approximate surface area is 186 Å². The van der Waals surface area contributed by atoms with Gasteiger partial charge in [0.25, 0.3) is 11.6 Å². The molecule has 0 aliphatic carbocycles. The standard InChI is InChI=1S/C22H18BrN3O5/c1-30-21-11-6-17(23)12-20(21)22(27)25-24-13-15-4-9-19(10-5-15)31-14-16-2-7-18(8-3-16)26(28)29/h2-13H,14H2,1H3,(H,25,27)/b24-13-. The Morgan fingerprint density at radius 2 is 1.84 bits per heavy atom. The van der Waals surface area contributed by atoms with Crippen LogP contribution in [0, 0.1) is 10.1 Å². The molecule has 0 aromatic heterocycles. The molecule has 1 amide bonds. The Hall–Kier alpha value is -3.72. The number of carbonyl (C=O) groups excluding carboxylic acids is 1. The van der Waals surface area contributed by atoms with Gasteiger partial charge in [0.2, 0.25) is 0 Å². The van der Waals surface area contributed by atoms with E-state index in [0.717, 1.165) is 15.6 Å². The molecule has 8 nitrogen and oxygen atoms in total. The van der Waals surface area contributed by atoms with Crippen molar-refractivity contribution in [3.8, 4) is 11.5 Å². The number of amides is 1. The van der Waals surface area contributed by atoms with Crippen LogP contribution < -0.4 is 14.9 Å². The van der Waals surface area contributed by atoms with Gasteiger partial charge in [0, 0.05) is 16.6 Å². The summed E-state index contributed by atoms with van der Waals surface area (Å²) in [7, 11) is 1.49. The van der Waals surface area contributed by atoms with Crippen molar-refractivity contribution in [3.05, 3.63) is 98.0 Å². The molecule has 0 fully saturated rings. The second-order valence-electron chi connectivity index (χ2n) is 6.32. The monoisotopic (exact) mass is 483 g/mol. The fourth-order valence-corrected chi connectivity index (χ4v) is 2.98. The number of carbonyl (C=O) groups is 1. The highest BCUT2D eigenvalue weighted by atomic mass is 79.9. The molecule has 0 heterocycles. The van der Waals surface area contributed by atoms with Crippen molar-refractivity contribution in [2.24, 2.45) is 5.10 Å². The Bertz CT molecular complexity index is 1100. The van der Waals surface area contributed by atoms with Crippen molar-refractivity contribution in [2.45, 2.75) is 6.61 Å².